The fourth-order valence-corrected chi connectivity index (χ4v) is 3.33. The Bertz CT molecular complexity index is 1180. The van der Waals surface area contributed by atoms with Gasteiger partial charge in [-0.15, -0.1) is 0 Å². The number of hydrogen-bond donors (Lipinski definition) is 1. The molecule has 0 aliphatic rings. The molecule has 1 amide bonds. The zero-order valence-corrected chi connectivity index (χ0v) is 19.0. The van der Waals surface area contributed by atoms with Gasteiger partial charge in [0, 0.05) is 27.2 Å². The Kier molecular flexibility index (Phi) is 7.56. The van der Waals surface area contributed by atoms with Crippen LogP contribution in [-0.2, 0) is 6.61 Å². The van der Waals surface area contributed by atoms with Crippen LogP contribution in [0.5, 0.6) is 11.5 Å². The number of methoxy groups -OCH3 is 1. The highest BCUT2D eigenvalue weighted by atomic mass is 79.9. The third kappa shape index (κ3) is 5.92. The van der Waals surface area contributed by atoms with Crippen LogP contribution < -0.4 is 14.9 Å². The molecule has 0 saturated carbocycles. The van der Waals surface area contributed by atoms with Crippen LogP contribution in [-0.4, -0.2) is 24.2 Å². The lowest BCUT2D eigenvalue weighted by molar-refractivity contribution is -0.385. The number of carbonyl (C=O) groups is 1. The zero-order valence-electron chi connectivity index (χ0n) is 17.4. The van der Waals surface area contributed by atoms with Gasteiger partial charge in [0.2, 0.25) is 0 Å². The van der Waals surface area contributed by atoms with Crippen LogP contribution in [0, 0.1) is 17.0 Å². The van der Waals surface area contributed by atoms with Crippen LogP contribution in [0.4, 0.5) is 5.69 Å². The van der Waals surface area contributed by atoms with Gasteiger partial charge in [-0.05, 0) is 61.0 Å². The highest BCUT2D eigenvalue weighted by molar-refractivity contribution is 9.10. The van der Waals surface area contributed by atoms with E-state index >= 15 is 0 Å². The molecule has 0 atom stereocenters. The largest absolute Gasteiger partial charge is 0.496 e. The maximum Gasteiger partial charge on any atom is 0.272 e. The van der Waals surface area contributed by atoms with Crippen LogP contribution in [0.15, 0.2) is 70.2 Å². The number of halogens is 1. The van der Waals surface area contributed by atoms with Crippen LogP contribution in [0.3, 0.4) is 0 Å². The third-order valence-corrected chi connectivity index (χ3v) is 5.02. The number of hydrogen-bond acceptors (Lipinski definition) is 6. The number of aryl methyl sites for hydroxylation is 1. The molecule has 3 aromatic rings. The molecule has 3 rings (SSSR count). The fraction of sp³-hybridized carbons (Fsp3) is 0.130. The standard InChI is InChI=1S/C23H20BrN3O5/c1-15-10-20(7-8-21(15)27(29)30)32-14-18-11-16(6-9-22(18)31-2)13-25-26-23(28)17-4-3-5-19(24)12-17/h3-13H,14H2,1-2H3,(H,26,28)/b25-13+. The summed E-state index contributed by atoms with van der Waals surface area (Å²) in [4.78, 5) is 22.7. The second-order valence-electron chi connectivity index (χ2n) is 6.77. The predicted molar refractivity (Wildman–Crippen MR) is 124 cm³/mol. The minimum absolute atomic E-state index is 0.0399. The number of ether oxygens (including phenoxy) is 2. The molecular formula is C23H20BrN3O5. The number of nitro benzene ring substituents is 1. The number of nitro groups is 1. The number of nitrogens with one attached hydrogen (secondary N) is 1. The number of nitrogens with zero attached hydrogens (tertiary/aromatic N) is 2. The van der Waals surface area contributed by atoms with E-state index in [9.17, 15) is 14.9 Å². The van der Waals surface area contributed by atoms with Crippen molar-refractivity contribution in [2.45, 2.75) is 13.5 Å². The molecule has 0 fully saturated rings. The van der Waals surface area contributed by atoms with Crippen molar-refractivity contribution in [3.05, 3.63) is 97.5 Å². The molecule has 0 heterocycles. The summed E-state index contributed by atoms with van der Waals surface area (Å²) in [6.45, 7) is 1.84. The van der Waals surface area contributed by atoms with E-state index in [0.29, 0.717) is 22.6 Å². The van der Waals surface area contributed by atoms with Gasteiger partial charge in [-0.1, -0.05) is 22.0 Å². The minimum Gasteiger partial charge on any atom is -0.496 e. The molecule has 164 valence electrons. The van der Waals surface area contributed by atoms with Gasteiger partial charge in [-0.25, -0.2) is 5.43 Å². The maximum atomic E-state index is 12.2. The highest BCUT2D eigenvalue weighted by Crippen LogP contribution is 2.26. The van der Waals surface area contributed by atoms with Crippen molar-refractivity contribution in [3.63, 3.8) is 0 Å². The first-order valence-corrected chi connectivity index (χ1v) is 10.3. The van der Waals surface area contributed by atoms with Crippen molar-refractivity contribution in [1.29, 1.82) is 0 Å². The lowest BCUT2D eigenvalue weighted by atomic mass is 10.1. The van der Waals surface area contributed by atoms with Gasteiger partial charge in [0.05, 0.1) is 18.2 Å². The van der Waals surface area contributed by atoms with Crippen LogP contribution in [0.25, 0.3) is 0 Å². The van der Waals surface area contributed by atoms with Gasteiger partial charge in [0.1, 0.15) is 18.1 Å². The smallest absolute Gasteiger partial charge is 0.272 e. The number of benzene rings is 3. The summed E-state index contributed by atoms with van der Waals surface area (Å²) >= 11 is 3.33. The molecule has 3 aromatic carbocycles. The van der Waals surface area contributed by atoms with Crippen molar-refractivity contribution in [1.82, 2.24) is 5.43 Å². The minimum atomic E-state index is -0.430. The Morgan fingerprint density at radius 3 is 2.69 bits per heavy atom. The summed E-state index contributed by atoms with van der Waals surface area (Å²) in [5, 5.41) is 15.0. The van der Waals surface area contributed by atoms with E-state index in [2.05, 4.69) is 26.5 Å². The summed E-state index contributed by atoms with van der Waals surface area (Å²) < 4.78 is 12.0. The molecular weight excluding hydrogens is 478 g/mol. The Morgan fingerprint density at radius 1 is 1.19 bits per heavy atom. The molecule has 0 aliphatic carbocycles. The number of carbonyl (C=O) groups excluding carboxylic acids is 1. The first-order chi connectivity index (χ1) is 15.4. The zero-order chi connectivity index (χ0) is 23.1. The first kappa shape index (κ1) is 23.0. The van der Waals surface area contributed by atoms with Crippen molar-refractivity contribution in [2.24, 2.45) is 5.10 Å². The van der Waals surface area contributed by atoms with E-state index in [-0.39, 0.29) is 18.2 Å². The van der Waals surface area contributed by atoms with Gasteiger partial charge in [-0.3, -0.25) is 14.9 Å². The molecule has 8 nitrogen and oxygen atoms in total. The summed E-state index contributed by atoms with van der Waals surface area (Å²) in [6.07, 6.45) is 1.52. The van der Waals surface area contributed by atoms with Gasteiger partial charge >= 0.3 is 0 Å². The number of amides is 1. The van der Waals surface area contributed by atoms with Crippen LogP contribution >= 0.6 is 15.9 Å². The molecule has 0 unspecified atom stereocenters. The molecule has 1 N–H and O–H groups in total. The Morgan fingerprint density at radius 2 is 2.00 bits per heavy atom. The van der Waals surface area contributed by atoms with Crippen LogP contribution in [0.1, 0.15) is 27.0 Å². The second kappa shape index (κ2) is 10.5. The monoisotopic (exact) mass is 497 g/mol. The first-order valence-electron chi connectivity index (χ1n) is 9.51. The number of hydrazone groups is 1. The molecule has 0 aliphatic heterocycles. The quantitative estimate of drug-likeness (QED) is 0.267. The molecule has 0 bridgehead atoms. The van der Waals surface area contributed by atoms with E-state index < -0.39 is 4.92 Å². The van der Waals surface area contributed by atoms with Gasteiger partial charge < -0.3 is 9.47 Å². The Labute approximate surface area is 193 Å². The summed E-state index contributed by atoms with van der Waals surface area (Å²) in [7, 11) is 1.56. The van der Waals surface area contributed by atoms with Crippen LogP contribution in [0.2, 0.25) is 0 Å². The molecule has 0 radical (unpaired) electrons. The molecule has 0 saturated heterocycles. The maximum absolute atomic E-state index is 12.2. The van der Waals surface area contributed by atoms with Gasteiger partial charge in [0.15, 0.2) is 0 Å². The van der Waals surface area contributed by atoms with E-state index in [0.717, 1.165) is 15.6 Å². The van der Waals surface area contributed by atoms with Crippen molar-refractivity contribution < 1.29 is 19.2 Å². The van der Waals surface area contributed by atoms with E-state index in [4.69, 9.17) is 9.47 Å². The van der Waals surface area contributed by atoms with Crippen molar-refractivity contribution in [2.75, 3.05) is 7.11 Å². The van der Waals surface area contributed by atoms with E-state index in [1.165, 1.54) is 12.3 Å². The molecule has 0 aromatic heterocycles. The lowest BCUT2D eigenvalue weighted by Gasteiger charge is -2.11. The topological polar surface area (TPSA) is 103 Å². The summed E-state index contributed by atoms with van der Waals surface area (Å²) in [6, 6.07) is 17.0. The summed E-state index contributed by atoms with van der Waals surface area (Å²) in [5.74, 6) is 0.808. The molecule has 0 spiro atoms. The molecule has 9 heteroatoms. The number of rotatable bonds is 8. The Hall–Kier alpha value is -3.72. The average Bonchev–Trinajstić information content (AvgIpc) is 2.77. The molecule has 32 heavy (non-hydrogen) atoms. The second-order valence-corrected chi connectivity index (χ2v) is 7.69. The average molecular weight is 498 g/mol. The van der Waals surface area contributed by atoms with Crippen molar-refractivity contribution in [3.8, 4) is 11.5 Å². The fourth-order valence-electron chi connectivity index (χ4n) is 2.93. The predicted octanol–water partition coefficient (Wildman–Crippen LogP) is 5.02. The Balaban J connectivity index is 1.68. The highest BCUT2D eigenvalue weighted by Gasteiger charge is 2.12. The van der Waals surface area contributed by atoms with E-state index in [1.54, 1.807) is 56.5 Å². The SMILES string of the molecule is COc1ccc(/C=N/NC(=O)c2cccc(Br)c2)cc1COc1ccc([N+](=O)[O-])c(C)c1. The normalized spacial score (nSPS) is 10.7. The summed E-state index contributed by atoms with van der Waals surface area (Å²) in [5.41, 5.74) is 5.02. The van der Waals surface area contributed by atoms with Gasteiger partial charge in [-0.2, -0.15) is 5.10 Å². The van der Waals surface area contributed by atoms with E-state index in [1.807, 2.05) is 12.1 Å². The van der Waals surface area contributed by atoms with Crippen molar-refractivity contribution >= 4 is 33.7 Å². The lowest BCUT2D eigenvalue weighted by Crippen LogP contribution is -2.17. The van der Waals surface area contributed by atoms with Gasteiger partial charge in [0.25, 0.3) is 11.6 Å². The third-order valence-electron chi connectivity index (χ3n) is 4.53.